The Hall–Kier alpha value is -1.73. The molecule has 22 heavy (non-hydrogen) atoms. The van der Waals surface area contributed by atoms with E-state index in [4.69, 9.17) is 4.84 Å². The first-order valence-corrected chi connectivity index (χ1v) is 7.35. The first kappa shape index (κ1) is 15.2. The molecule has 2 unspecified atom stereocenters. The number of aliphatic hydroxyl groups is 2. The van der Waals surface area contributed by atoms with Crippen molar-refractivity contribution in [1.82, 2.24) is 14.8 Å². The van der Waals surface area contributed by atoms with Gasteiger partial charge >= 0.3 is 0 Å². The van der Waals surface area contributed by atoms with Crippen molar-refractivity contribution in [1.29, 1.82) is 0 Å². The third-order valence-electron chi connectivity index (χ3n) is 4.11. The zero-order valence-corrected chi connectivity index (χ0v) is 13.0. The lowest BCUT2D eigenvalue weighted by atomic mass is 10.1. The average molecular weight is 303 g/mol. The van der Waals surface area contributed by atoms with Crippen molar-refractivity contribution in [3.63, 3.8) is 0 Å². The lowest BCUT2D eigenvalue weighted by molar-refractivity contribution is -0.247. The van der Waals surface area contributed by atoms with Crippen molar-refractivity contribution in [2.45, 2.75) is 39.3 Å². The van der Waals surface area contributed by atoms with E-state index in [-0.39, 0.29) is 6.61 Å². The second kappa shape index (κ2) is 5.81. The number of aryl methyl sites for hydroxylation is 2. The van der Waals surface area contributed by atoms with Crippen LogP contribution >= 0.6 is 0 Å². The van der Waals surface area contributed by atoms with E-state index in [2.05, 4.69) is 5.10 Å². The Kier molecular flexibility index (Phi) is 4.01. The molecule has 1 aliphatic rings. The SMILES string of the molecule is Cc1nn(C)c(CON2Cc3ccccc3C2O)c1C(C)O. The molecule has 2 aromatic rings. The molecule has 2 heterocycles. The van der Waals surface area contributed by atoms with Crippen molar-refractivity contribution < 1.29 is 15.1 Å². The molecule has 1 aliphatic heterocycles. The summed E-state index contributed by atoms with van der Waals surface area (Å²) in [5, 5.41) is 26.1. The molecule has 0 aliphatic carbocycles. The molecule has 118 valence electrons. The molecular weight excluding hydrogens is 282 g/mol. The van der Waals surface area contributed by atoms with E-state index in [9.17, 15) is 10.2 Å². The molecule has 1 aromatic carbocycles. The van der Waals surface area contributed by atoms with Crippen LogP contribution in [0.2, 0.25) is 0 Å². The number of hydrogen-bond acceptors (Lipinski definition) is 5. The highest BCUT2D eigenvalue weighted by Gasteiger charge is 2.29. The van der Waals surface area contributed by atoms with Crippen LogP contribution in [0.15, 0.2) is 24.3 Å². The van der Waals surface area contributed by atoms with Gasteiger partial charge in [-0.05, 0) is 19.4 Å². The van der Waals surface area contributed by atoms with E-state index < -0.39 is 12.3 Å². The van der Waals surface area contributed by atoms with Gasteiger partial charge in [-0.1, -0.05) is 24.3 Å². The summed E-state index contributed by atoms with van der Waals surface area (Å²) in [6.45, 7) is 4.38. The summed E-state index contributed by atoms with van der Waals surface area (Å²) in [7, 11) is 1.83. The summed E-state index contributed by atoms with van der Waals surface area (Å²) in [4.78, 5) is 5.78. The number of rotatable bonds is 4. The van der Waals surface area contributed by atoms with Crippen molar-refractivity contribution >= 4 is 0 Å². The van der Waals surface area contributed by atoms with Crippen LogP contribution in [0.3, 0.4) is 0 Å². The maximum atomic E-state index is 10.3. The minimum absolute atomic E-state index is 0.253. The normalized spacial score (nSPS) is 19.4. The van der Waals surface area contributed by atoms with E-state index in [0.29, 0.717) is 6.54 Å². The van der Waals surface area contributed by atoms with Crippen LogP contribution in [-0.2, 0) is 25.0 Å². The Balaban J connectivity index is 1.75. The van der Waals surface area contributed by atoms with Crippen LogP contribution in [-0.4, -0.2) is 25.1 Å². The van der Waals surface area contributed by atoms with Gasteiger partial charge in [-0.3, -0.25) is 9.52 Å². The lowest BCUT2D eigenvalue weighted by Crippen LogP contribution is -2.23. The summed E-state index contributed by atoms with van der Waals surface area (Å²) in [6, 6.07) is 7.74. The van der Waals surface area contributed by atoms with Gasteiger partial charge in [0.05, 0.1) is 24.0 Å². The fourth-order valence-electron chi connectivity index (χ4n) is 3.04. The molecule has 0 saturated carbocycles. The molecule has 6 heteroatoms. The number of benzene rings is 1. The van der Waals surface area contributed by atoms with Gasteiger partial charge in [-0.25, -0.2) is 0 Å². The molecule has 0 fully saturated rings. The standard InChI is InChI=1S/C16H21N3O3/c1-10-15(11(2)20)14(18(3)17-10)9-22-19-8-12-6-4-5-7-13(12)16(19)21/h4-7,11,16,20-21H,8-9H2,1-3H3. The molecule has 0 spiro atoms. The molecule has 0 radical (unpaired) electrons. The van der Waals surface area contributed by atoms with Gasteiger partial charge in [0.25, 0.3) is 0 Å². The van der Waals surface area contributed by atoms with Crippen LogP contribution in [0.4, 0.5) is 0 Å². The van der Waals surface area contributed by atoms with Crippen LogP contribution in [0, 0.1) is 6.92 Å². The second-order valence-corrected chi connectivity index (χ2v) is 5.67. The van der Waals surface area contributed by atoms with E-state index in [0.717, 1.165) is 28.1 Å². The van der Waals surface area contributed by atoms with Crippen LogP contribution in [0.5, 0.6) is 0 Å². The number of fused-ring (bicyclic) bond motifs is 1. The van der Waals surface area contributed by atoms with Crippen molar-refractivity contribution in [3.05, 3.63) is 52.3 Å². The van der Waals surface area contributed by atoms with Crippen LogP contribution < -0.4 is 0 Å². The molecular formula is C16H21N3O3. The Labute approximate surface area is 129 Å². The number of aromatic nitrogens is 2. The zero-order valence-electron chi connectivity index (χ0n) is 13.0. The summed E-state index contributed by atoms with van der Waals surface area (Å²) in [5.41, 5.74) is 4.33. The predicted octanol–water partition coefficient (Wildman–Crippen LogP) is 1.72. The third-order valence-corrected chi connectivity index (χ3v) is 4.11. The lowest BCUT2D eigenvalue weighted by Gasteiger charge is -2.20. The van der Waals surface area contributed by atoms with Gasteiger partial charge in [0.2, 0.25) is 0 Å². The smallest absolute Gasteiger partial charge is 0.156 e. The summed E-state index contributed by atoms with van der Waals surface area (Å²) < 4.78 is 1.72. The van der Waals surface area contributed by atoms with Gasteiger partial charge in [-0.15, -0.1) is 0 Å². The Morgan fingerprint density at radius 3 is 2.82 bits per heavy atom. The second-order valence-electron chi connectivity index (χ2n) is 5.67. The molecule has 2 N–H and O–H groups in total. The summed E-state index contributed by atoms with van der Waals surface area (Å²) >= 11 is 0. The van der Waals surface area contributed by atoms with E-state index in [1.54, 1.807) is 16.7 Å². The van der Waals surface area contributed by atoms with Crippen molar-refractivity contribution in [3.8, 4) is 0 Å². The molecule has 0 amide bonds. The Morgan fingerprint density at radius 1 is 1.41 bits per heavy atom. The molecule has 2 atom stereocenters. The highest BCUT2D eigenvalue weighted by Crippen LogP contribution is 2.32. The van der Waals surface area contributed by atoms with E-state index in [1.165, 1.54) is 0 Å². The summed E-state index contributed by atoms with van der Waals surface area (Å²) in [6.07, 6.45) is -1.37. The molecule has 1 aromatic heterocycles. The van der Waals surface area contributed by atoms with Gasteiger partial charge in [0.15, 0.2) is 6.23 Å². The minimum Gasteiger partial charge on any atom is -0.389 e. The first-order valence-electron chi connectivity index (χ1n) is 7.35. The Morgan fingerprint density at radius 2 is 2.14 bits per heavy atom. The quantitative estimate of drug-likeness (QED) is 0.900. The monoisotopic (exact) mass is 303 g/mol. The van der Waals surface area contributed by atoms with Gasteiger partial charge < -0.3 is 10.2 Å². The number of hydroxylamine groups is 2. The highest BCUT2D eigenvalue weighted by molar-refractivity contribution is 5.32. The minimum atomic E-state index is -0.763. The first-order chi connectivity index (χ1) is 10.5. The van der Waals surface area contributed by atoms with Crippen LogP contribution in [0.1, 0.15) is 47.3 Å². The fourth-order valence-corrected chi connectivity index (χ4v) is 3.04. The van der Waals surface area contributed by atoms with Gasteiger partial charge in [0.1, 0.15) is 6.61 Å². The molecule has 0 saturated heterocycles. The number of hydrogen-bond donors (Lipinski definition) is 2. The van der Waals surface area contributed by atoms with Gasteiger partial charge in [-0.2, -0.15) is 10.2 Å². The van der Waals surface area contributed by atoms with E-state index in [1.807, 2.05) is 38.2 Å². The topological polar surface area (TPSA) is 70.8 Å². The van der Waals surface area contributed by atoms with Gasteiger partial charge in [0, 0.05) is 18.2 Å². The van der Waals surface area contributed by atoms with Crippen LogP contribution in [0.25, 0.3) is 0 Å². The average Bonchev–Trinajstić information content (AvgIpc) is 2.94. The molecule has 6 nitrogen and oxygen atoms in total. The highest BCUT2D eigenvalue weighted by atomic mass is 16.7. The molecule has 3 rings (SSSR count). The molecule has 0 bridgehead atoms. The van der Waals surface area contributed by atoms with Crippen molar-refractivity contribution in [2.24, 2.45) is 7.05 Å². The maximum Gasteiger partial charge on any atom is 0.156 e. The maximum absolute atomic E-state index is 10.3. The fraction of sp³-hybridized carbons (Fsp3) is 0.438. The Bertz CT molecular complexity index is 681. The van der Waals surface area contributed by atoms with E-state index >= 15 is 0 Å². The zero-order chi connectivity index (χ0) is 15.9. The number of nitrogens with zero attached hydrogens (tertiary/aromatic N) is 3. The predicted molar refractivity (Wildman–Crippen MR) is 80.3 cm³/mol. The summed E-state index contributed by atoms with van der Waals surface area (Å²) in [5.74, 6) is 0. The van der Waals surface area contributed by atoms with Crippen molar-refractivity contribution in [2.75, 3.05) is 0 Å². The largest absolute Gasteiger partial charge is 0.389 e. The third kappa shape index (κ3) is 2.55. The number of aliphatic hydroxyl groups excluding tert-OH is 2.